The van der Waals surface area contributed by atoms with Gasteiger partial charge in [0.05, 0.1) is 17.1 Å². The lowest BCUT2D eigenvalue weighted by molar-refractivity contribution is -0.385. The van der Waals surface area contributed by atoms with Gasteiger partial charge in [0.15, 0.2) is 0 Å². The minimum absolute atomic E-state index is 0.124. The van der Waals surface area contributed by atoms with Gasteiger partial charge in [-0.2, -0.15) is 0 Å². The minimum atomic E-state index is -0.364. The van der Waals surface area contributed by atoms with Crippen LogP contribution < -0.4 is 10.1 Å². The molecule has 1 aromatic carbocycles. The molecular formula is C13H18N2O3. The Kier molecular flexibility index (Phi) is 4.15. The Morgan fingerprint density at radius 3 is 3.00 bits per heavy atom. The number of nitrogens with one attached hydrogen (secondary N) is 1. The average Bonchev–Trinajstić information content (AvgIpc) is 2.60. The monoisotopic (exact) mass is 250 g/mol. The predicted octanol–water partition coefficient (Wildman–Crippen LogP) is 2.42. The fraction of sp³-hybridized carbons (Fsp3) is 0.538. The van der Waals surface area contributed by atoms with Gasteiger partial charge in [0, 0.05) is 5.56 Å². The van der Waals surface area contributed by atoms with Crippen LogP contribution >= 0.6 is 0 Å². The van der Waals surface area contributed by atoms with Gasteiger partial charge in [-0.15, -0.1) is 0 Å². The van der Waals surface area contributed by atoms with Crippen LogP contribution in [-0.4, -0.2) is 24.1 Å². The van der Waals surface area contributed by atoms with Crippen LogP contribution in [0, 0.1) is 17.0 Å². The highest BCUT2D eigenvalue weighted by Gasteiger charge is 2.16. The first kappa shape index (κ1) is 12.8. The van der Waals surface area contributed by atoms with Crippen molar-refractivity contribution in [2.45, 2.75) is 32.3 Å². The van der Waals surface area contributed by atoms with E-state index in [2.05, 4.69) is 5.32 Å². The number of hydrogen-bond acceptors (Lipinski definition) is 4. The number of nitro groups is 1. The summed E-state index contributed by atoms with van der Waals surface area (Å²) in [6.45, 7) is 3.70. The maximum absolute atomic E-state index is 10.9. The summed E-state index contributed by atoms with van der Waals surface area (Å²) in [5, 5.41) is 14.2. The zero-order valence-corrected chi connectivity index (χ0v) is 10.5. The summed E-state index contributed by atoms with van der Waals surface area (Å²) in [4.78, 5) is 10.5. The van der Waals surface area contributed by atoms with Crippen LogP contribution in [0.15, 0.2) is 18.2 Å². The normalized spacial score (nSPS) is 20.2. The number of hydrogen-bond donors (Lipinski definition) is 1. The molecule has 1 heterocycles. The van der Waals surface area contributed by atoms with Crippen molar-refractivity contribution in [1.29, 1.82) is 0 Å². The Hall–Kier alpha value is -1.62. The largest absolute Gasteiger partial charge is 0.490 e. The highest BCUT2D eigenvalue weighted by molar-refractivity contribution is 5.45. The van der Waals surface area contributed by atoms with E-state index in [-0.39, 0.29) is 16.7 Å². The summed E-state index contributed by atoms with van der Waals surface area (Å²) in [7, 11) is 0. The first-order valence-electron chi connectivity index (χ1n) is 6.29. The van der Waals surface area contributed by atoms with E-state index in [1.165, 1.54) is 6.07 Å². The third kappa shape index (κ3) is 3.20. The topological polar surface area (TPSA) is 64.4 Å². The molecule has 0 bridgehead atoms. The fourth-order valence-corrected chi connectivity index (χ4v) is 2.16. The second kappa shape index (κ2) is 5.82. The molecule has 2 rings (SSSR count). The standard InChI is InChI=1S/C13H18N2O3/c1-10-4-5-12(9-13(10)15(16)17)18-11-3-2-7-14-8-6-11/h4-5,9,11,14H,2-3,6-8H2,1H3. The summed E-state index contributed by atoms with van der Waals surface area (Å²) in [6, 6.07) is 5.07. The van der Waals surface area contributed by atoms with Crippen molar-refractivity contribution in [2.24, 2.45) is 0 Å². The van der Waals surface area contributed by atoms with Crippen molar-refractivity contribution in [3.8, 4) is 5.75 Å². The van der Waals surface area contributed by atoms with Crippen LogP contribution in [0.1, 0.15) is 24.8 Å². The Morgan fingerprint density at radius 2 is 2.22 bits per heavy atom. The zero-order chi connectivity index (χ0) is 13.0. The molecule has 0 saturated carbocycles. The van der Waals surface area contributed by atoms with Crippen molar-refractivity contribution >= 4 is 5.69 Å². The van der Waals surface area contributed by atoms with Gasteiger partial charge in [0.2, 0.25) is 0 Å². The molecule has 1 unspecified atom stereocenters. The van der Waals surface area contributed by atoms with Gasteiger partial charge in [-0.3, -0.25) is 10.1 Å². The summed E-state index contributed by atoms with van der Waals surface area (Å²) < 4.78 is 5.84. The van der Waals surface area contributed by atoms with Crippen molar-refractivity contribution in [3.05, 3.63) is 33.9 Å². The van der Waals surface area contributed by atoms with Gasteiger partial charge in [-0.1, -0.05) is 0 Å². The lowest BCUT2D eigenvalue weighted by Crippen LogP contribution is -2.19. The van der Waals surface area contributed by atoms with Gasteiger partial charge >= 0.3 is 0 Å². The fourth-order valence-electron chi connectivity index (χ4n) is 2.16. The van der Waals surface area contributed by atoms with Crippen molar-refractivity contribution in [3.63, 3.8) is 0 Å². The molecule has 18 heavy (non-hydrogen) atoms. The molecule has 5 nitrogen and oxygen atoms in total. The summed E-state index contributed by atoms with van der Waals surface area (Å²) in [5.74, 6) is 0.596. The molecule has 1 fully saturated rings. The van der Waals surface area contributed by atoms with Crippen LogP contribution in [0.25, 0.3) is 0 Å². The number of aryl methyl sites for hydroxylation is 1. The maximum atomic E-state index is 10.9. The molecule has 1 atom stereocenters. The van der Waals surface area contributed by atoms with Crippen molar-refractivity contribution < 1.29 is 9.66 Å². The molecule has 1 aliphatic heterocycles. The van der Waals surface area contributed by atoms with E-state index in [4.69, 9.17) is 4.74 Å². The summed E-state index contributed by atoms with van der Waals surface area (Å²) in [5.41, 5.74) is 0.786. The van der Waals surface area contributed by atoms with Gasteiger partial charge in [0.1, 0.15) is 5.75 Å². The zero-order valence-electron chi connectivity index (χ0n) is 10.5. The lowest BCUT2D eigenvalue weighted by atomic mass is 10.1. The lowest BCUT2D eigenvalue weighted by Gasteiger charge is -2.16. The van der Waals surface area contributed by atoms with Gasteiger partial charge in [0.25, 0.3) is 5.69 Å². The Bertz CT molecular complexity index is 426. The predicted molar refractivity (Wildman–Crippen MR) is 69.0 cm³/mol. The van der Waals surface area contributed by atoms with Crippen LogP contribution in [-0.2, 0) is 0 Å². The second-order valence-corrected chi connectivity index (χ2v) is 4.63. The molecule has 98 valence electrons. The molecule has 1 aromatic rings. The highest BCUT2D eigenvalue weighted by atomic mass is 16.6. The molecule has 1 saturated heterocycles. The Labute approximate surface area is 106 Å². The number of ether oxygens (including phenoxy) is 1. The van der Waals surface area contributed by atoms with E-state index in [0.717, 1.165) is 32.4 Å². The van der Waals surface area contributed by atoms with E-state index < -0.39 is 0 Å². The Morgan fingerprint density at radius 1 is 1.39 bits per heavy atom. The SMILES string of the molecule is Cc1ccc(OC2CCCNCC2)cc1[N+](=O)[O-]. The first-order valence-corrected chi connectivity index (χ1v) is 6.29. The molecule has 0 aromatic heterocycles. The minimum Gasteiger partial charge on any atom is -0.490 e. The number of benzene rings is 1. The number of nitro benzene ring substituents is 1. The third-order valence-electron chi connectivity index (χ3n) is 3.20. The number of nitrogens with zero attached hydrogens (tertiary/aromatic N) is 1. The molecular weight excluding hydrogens is 232 g/mol. The van der Waals surface area contributed by atoms with E-state index in [1.807, 2.05) is 0 Å². The molecule has 0 aliphatic carbocycles. The van der Waals surface area contributed by atoms with E-state index in [0.29, 0.717) is 11.3 Å². The summed E-state index contributed by atoms with van der Waals surface area (Å²) in [6.07, 6.45) is 3.18. The third-order valence-corrected chi connectivity index (χ3v) is 3.20. The second-order valence-electron chi connectivity index (χ2n) is 4.63. The molecule has 0 radical (unpaired) electrons. The quantitative estimate of drug-likeness (QED) is 0.661. The Balaban J connectivity index is 2.08. The van der Waals surface area contributed by atoms with Crippen LogP contribution in [0.2, 0.25) is 0 Å². The van der Waals surface area contributed by atoms with Crippen molar-refractivity contribution in [1.82, 2.24) is 5.32 Å². The molecule has 1 aliphatic rings. The van der Waals surface area contributed by atoms with Crippen LogP contribution in [0.5, 0.6) is 5.75 Å². The average molecular weight is 250 g/mol. The number of rotatable bonds is 3. The maximum Gasteiger partial charge on any atom is 0.276 e. The highest BCUT2D eigenvalue weighted by Crippen LogP contribution is 2.25. The van der Waals surface area contributed by atoms with E-state index in [1.54, 1.807) is 19.1 Å². The molecule has 0 amide bonds. The molecule has 1 N–H and O–H groups in total. The van der Waals surface area contributed by atoms with E-state index in [9.17, 15) is 10.1 Å². The van der Waals surface area contributed by atoms with Gasteiger partial charge in [-0.25, -0.2) is 0 Å². The van der Waals surface area contributed by atoms with Gasteiger partial charge < -0.3 is 10.1 Å². The van der Waals surface area contributed by atoms with Crippen molar-refractivity contribution in [2.75, 3.05) is 13.1 Å². The first-order chi connectivity index (χ1) is 8.66. The van der Waals surface area contributed by atoms with Crippen LogP contribution in [0.4, 0.5) is 5.69 Å². The molecule has 5 heteroatoms. The van der Waals surface area contributed by atoms with Crippen LogP contribution in [0.3, 0.4) is 0 Å². The van der Waals surface area contributed by atoms with E-state index >= 15 is 0 Å². The smallest absolute Gasteiger partial charge is 0.276 e. The molecule has 0 spiro atoms. The summed E-state index contributed by atoms with van der Waals surface area (Å²) >= 11 is 0. The van der Waals surface area contributed by atoms with Gasteiger partial charge in [-0.05, 0) is 51.4 Å².